The Balaban J connectivity index is 0.00000225. The van der Waals surface area contributed by atoms with Crippen LogP contribution in [0.2, 0.25) is 0 Å². The van der Waals surface area contributed by atoms with Crippen molar-refractivity contribution >= 4 is 12.4 Å². The van der Waals surface area contributed by atoms with Crippen molar-refractivity contribution in [1.29, 1.82) is 0 Å². The predicted molar refractivity (Wildman–Crippen MR) is 67.7 cm³/mol. The number of halogens is 1. The van der Waals surface area contributed by atoms with Gasteiger partial charge in [0.2, 0.25) is 0 Å². The summed E-state index contributed by atoms with van der Waals surface area (Å²) in [5.74, 6) is 0.858. The van der Waals surface area contributed by atoms with Crippen LogP contribution in [-0.2, 0) is 6.54 Å². The fraction of sp³-hybridized carbons (Fsp3) is 0.727. The van der Waals surface area contributed by atoms with Crippen LogP contribution >= 0.6 is 12.4 Å². The Kier molecular flexibility index (Phi) is 6.00. The Bertz CT molecular complexity index is 312. The van der Waals surface area contributed by atoms with Crippen LogP contribution in [0, 0.1) is 12.3 Å². The SMILES string of the molecule is Cc1cc(CN(C)CC(C)(C)CN)no1.Cl. The van der Waals surface area contributed by atoms with Crippen molar-refractivity contribution in [2.24, 2.45) is 11.1 Å². The fourth-order valence-corrected chi connectivity index (χ4v) is 1.62. The van der Waals surface area contributed by atoms with Crippen LogP contribution in [0.25, 0.3) is 0 Å². The lowest BCUT2D eigenvalue weighted by Crippen LogP contribution is -2.36. The first kappa shape index (κ1) is 15.4. The zero-order valence-corrected chi connectivity index (χ0v) is 11.3. The number of hydrogen-bond acceptors (Lipinski definition) is 4. The lowest BCUT2D eigenvalue weighted by Gasteiger charge is -2.28. The van der Waals surface area contributed by atoms with E-state index in [2.05, 4.69) is 31.0 Å². The van der Waals surface area contributed by atoms with Gasteiger partial charge in [0.1, 0.15) is 5.76 Å². The highest BCUT2D eigenvalue weighted by Gasteiger charge is 2.18. The van der Waals surface area contributed by atoms with Crippen LogP contribution in [0.1, 0.15) is 25.3 Å². The van der Waals surface area contributed by atoms with E-state index in [4.69, 9.17) is 10.3 Å². The molecule has 2 N–H and O–H groups in total. The maximum absolute atomic E-state index is 5.69. The molecular weight excluding hydrogens is 226 g/mol. The smallest absolute Gasteiger partial charge is 0.133 e. The van der Waals surface area contributed by atoms with Crippen LogP contribution in [-0.4, -0.2) is 30.2 Å². The summed E-state index contributed by atoms with van der Waals surface area (Å²) < 4.78 is 5.02. The molecule has 0 unspecified atom stereocenters. The molecule has 0 saturated heterocycles. The number of aryl methyl sites for hydroxylation is 1. The van der Waals surface area contributed by atoms with Gasteiger partial charge in [-0.25, -0.2) is 0 Å². The van der Waals surface area contributed by atoms with Gasteiger partial charge in [-0.3, -0.25) is 4.90 Å². The number of aromatic nitrogens is 1. The third-order valence-corrected chi connectivity index (χ3v) is 2.36. The molecular formula is C11H22ClN3O. The largest absolute Gasteiger partial charge is 0.361 e. The van der Waals surface area contributed by atoms with Crippen molar-refractivity contribution in [2.45, 2.75) is 27.3 Å². The highest BCUT2D eigenvalue weighted by atomic mass is 35.5. The average Bonchev–Trinajstić information content (AvgIpc) is 2.50. The lowest BCUT2D eigenvalue weighted by molar-refractivity contribution is 0.205. The maximum atomic E-state index is 5.69. The summed E-state index contributed by atoms with van der Waals surface area (Å²) in [4.78, 5) is 2.21. The second-order valence-corrected chi connectivity index (χ2v) is 4.97. The summed E-state index contributed by atoms with van der Waals surface area (Å²) >= 11 is 0. The average molecular weight is 248 g/mol. The van der Waals surface area contributed by atoms with Crippen LogP contribution < -0.4 is 5.73 Å². The Morgan fingerprint density at radius 3 is 2.56 bits per heavy atom. The van der Waals surface area contributed by atoms with Crippen molar-refractivity contribution in [1.82, 2.24) is 10.1 Å². The minimum atomic E-state index is 0. The molecule has 0 amide bonds. The molecule has 0 aromatic carbocycles. The first-order chi connectivity index (χ1) is 6.93. The normalized spacial score (nSPS) is 11.6. The Morgan fingerprint density at radius 1 is 1.50 bits per heavy atom. The van der Waals surface area contributed by atoms with Crippen molar-refractivity contribution in [3.63, 3.8) is 0 Å². The molecule has 0 aliphatic rings. The molecule has 0 saturated carbocycles. The van der Waals surface area contributed by atoms with E-state index < -0.39 is 0 Å². The number of hydrogen-bond donors (Lipinski definition) is 1. The third-order valence-electron chi connectivity index (χ3n) is 2.36. The molecule has 1 heterocycles. The molecule has 0 atom stereocenters. The van der Waals surface area contributed by atoms with E-state index in [0.29, 0.717) is 6.54 Å². The lowest BCUT2D eigenvalue weighted by atomic mass is 9.93. The van der Waals surface area contributed by atoms with Gasteiger partial charge in [-0.05, 0) is 25.9 Å². The van der Waals surface area contributed by atoms with Gasteiger partial charge >= 0.3 is 0 Å². The first-order valence-electron chi connectivity index (χ1n) is 5.24. The fourth-order valence-electron chi connectivity index (χ4n) is 1.62. The van der Waals surface area contributed by atoms with E-state index >= 15 is 0 Å². The predicted octanol–water partition coefficient (Wildman–Crippen LogP) is 1.82. The number of nitrogens with zero attached hydrogens (tertiary/aromatic N) is 2. The molecule has 0 aliphatic carbocycles. The molecule has 5 heteroatoms. The van der Waals surface area contributed by atoms with E-state index in [-0.39, 0.29) is 17.8 Å². The van der Waals surface area contributed by atoms with Gasteiger partial charge in [-0.1, -0.05) is 19.0 Å². The van der Waals surface area contributed by atoms with Crippen LogP contribution in [0.3, 0.4) is 0 Å². The molecule has 0 radical (unpaired) electrons. The number of rotatable bonds is 5. The summed E-state index contributed by atoms with van der Waals surface area (Å²) in [6, 6.07) is 1.96. The molecule has 0 spiro atoms. The Hall–Kier alpha value is -0.580. The quantitative estimate of drug-likeness (QED) is 0.863. The minimum Gasteiger partial charge on any atom is -0.361 e. The van der Waals surface area contributed by atoms with Crippen molar-refractivity contribution in [3.8, 4) is 0 Å². The summed E-state index contributed by atoms with van der Waals surface area (Å²) in [5.41, 5.74) is 6.81. The van der Waals surface area contributed by atoms with Crippen molar-refractivity contribution in [2.75, 3.05) is 20.1 Å². The molecule has 1 aromatic heterocycles. The molecule has 94 valence electrons. The zero-order valence-electron chi connectivity index (χ0n) is 10.5. The topological polar surface area (TPSA) is 55.3 Å². The second kappa shape index (κ2) is 6.23. The van der Waals surface area contributed by atoms with Crippen LogP contribution in [0.5, 0.6) is 0 Å². The van der Waals surface area contributed by atoms with Gasteiger partial charge in [0, 0.05) is 19.2 Å². The molecule has 1 aromatic rings. The van der Waals surface area contributed by atoms with E-state index in [1.54, 1.807) is 0 Å². The second-order valence-electron chi connectivity index (χ2n) is 4.97. The van der Waals surface area contributed by atoms with E-state index in [0.717, 1.165) is 24.5 Å². The van der Waals surface area contributed by atoms with Gasteiger partial charge in [-0.2, -0.15) is 0 Å². The summed E-state index contributed by atoms with van der Waals surface area (Å²) in [6.45, 7) is 8.68. The molecule has 0 bridgehead atoms. The molecule has 0 aliphatic heterocycles. The maximum Gasteiger partial charge on any atom is 0.133 e. The number of nitrogens with two attached hydrogens (primary N) is 1. The Labute approximate surface area is 104 Å². The monoisotopic (exact) mass is 247 g/mol. The van der Waals surface area contributed by atoms with Gasteiger partial charge in [0.15, 0.2) is 0 Å². The summed E-state index contributed by atoms with van der Waals surface area (Å²) in [5, 5.41) is 3.96. The Morgan fingerprint density at radius 2 is 2.12 bits per heavy atom. The van der Waals surface area contributed by atoms with E-state index in [1.807, 2.05) is 13.0 Å². The van der Waals surface area contributed by atoms with Crippen molar-refractivity contribution in [3.05, 3.63) is 17.5 Å². The third kappa shape index (κ3) is 4.96. The van der Waals surface area contributed by atoms with Crippen molar-refractivity contribution < 1.29 is 4.52 Å². The molecule has 4 nitrogen and oxygen atoms in total. The summed E-state index contributed by atoms with van der Waals surface area (Å²) in [7, 11) is 2.07. The minimum absolute atomic E-state index is 0. The molecule has 0 fully saturated rings. The van der Waals surface area contributed by atoms with Crippen LogP contribution in [0.15, 0.2) is 10.6 Å². The van der Waals surface area contributed by atoms with Gasteiger partial charge < -0.3 is 10.3 Å². The molecule has 1 rings (SSSR count). The van der Waals surface area contributed by atoms with Gasteiger partial charge in [0.25, 0.3) is 0 Å². The van der Waals surface area contributed by atoms with E-state index in [9.17, 15) is 0 Å². The van der Waals surface area contributed by atoms with E-state index in [1.165, 1.54) is 0 Å². The zero-order chi connectivity index (χ0) is 11.5. The van der Waals surface area contributed by atoms with Gasteiger partial charge in [-0.15, -0.1) is 12.4 Å². The van der Waals surface area contributed by atoms with Gasteiger partial charge in [0.05, 0.1) is 5.69 Å². The highest BCUT2D eigenvalue weighted by Crippen LogP contribution is 2.15. The van der Waals surface area contributed by atoms with Crippen LogP contribution in [0.4, 0.5) is 0 Å². The molecule has 16 heavy (non-hydrogen) atoms. The standard InChI is InChI=1S/C11H21N3O.ClH/c1-9-5-10(13-15-9)6-14(4)8-11(2,3)7-12;/h5H,6-8,12H2,1-4H3;1H. The summed E-state index contributed by atoms with van der Waals surface area (Å²) in [6.07, 6.45) is 0. The first-order valence-corrected chi connectivity index (χ1v) is 5.24. The highest BCUT2D eigenvalue weighted by molar-refractivity contribution is 5.85.